The monoisotopic (exact) mass is 407 g/mol. The van der Waals surface area contributed by atoms with Crippen LogP contribution in [0.2, 0.25) is 0 Å². The molecule has 0 fully saturated rings. The molecule has 1 amide bonds. The van der Waals surface area contributed by atoms with Crippen molar-refractivity contribution < 1.29 is 13.2 Å². The lowest BCUT2D eigenvalue weighted by atomic mass is 10.2. The van der Waals surface area contributed by atoms with E-state index >= 15 is 0 Å². The minimum absolute atomic E-state index is 0.193. The number of amides is 1. The Morgan fingerprint density at radius 2 is 1.85 bits per heavy atom. The lowest BCUT2D eigenvalue weighted by molar-refractivity contribution is -0.117. The number of nitrogens with one attached hydrogen (secondary N) is 2. The fourth-order valence-corrected chi connectivity index (χ4v) is 4.58. The van der Waals surface area contributed by atoms with Crippen molar-refractivity contribution >= 4 is 33.5 Å². The van der Waals surface area contributed by atoms with Crippen molar-refractivity contribution in [2.75, 3.05) is 17.3 Å². The first-order valence-electron chi connectivity index (χ1n) is 8.55. The van der Waals surface area contributed by atoms with Crippen molar-refractivity contribution in [2.45, 2.75) is 38.1 Å². The summed E-state index contributed by atoms with van der Waals surface area (Å²) < 4.78 is 28.3. The molecular weight excluding hydrogens is 382 g/mol. The van der Waals surface area contributed by atoms with Gasteiger partial charge in [-0.25, -0.2) is 13.4 Å². The SMILES string of the molecule is CSCC[C@@H](NS(=O)(=O)c1cc(C)ccc1C)C(=O)Nc1cc(C)ccn1. The zero-order chi connectivity index (χ0) is 20.0. The molecule has 6 nitrogen and oxygen atoms in total. The van der Waals surface area contributed by atoms with Crippen molar-refractivity contribution in [2.24, 2.45) is 0 Å². The van der Waals surface area contributed by atoms with Gasteiger partial charge < -0.3 is 5.32 Å². The molecule has 0 aliphatic rings. The number of benzene rings is 1. The van der Waals surface area contributed by atoms with Crippen LogP contribution in [0.1, 0.15) is 23.1 Å². The van der Waals surface area contributed by atoms with Gasteiger partial charge >= 0.3 is 0 Å². The van der Waals surface area contributed by atoms with E-state index in [-0.39, 0.29) is 4.90 Å². The van der Waals surface area contributed by atoms with Crippen molar-refractivity contribution in [1.82, 2.24) is 9.71 Å². The Bertz CT molecular complexity index is 914. The van der Waals surface area contributed by atoms with Crippen LogP contribution in [0.5, 0.6) is 0 Å². The van der Waals surface area contributed by atoms with Gasteiger partial charge in [0.2, 0.25) is 15.9 Å². The molecule has 2 rings (SSSR count). The third-order valence-corrected chi connectivity index (χ3v) is 6.28. The predicted octanol–water partition coefficient (Wildman–Crippen LogP) is 3.05. The quantitative estimate of drug-likeness (QED) is 0.702. The van der Waals surface area contributed by atoms with Gasteiger partial charge in [-0.2, -0.15) is 16.5 Å². The van der Waals surface area contributed by atoms with E-state index < -0.39 is 22.0 Å². The average molecular weight is 408 g/mol. The van der Waals surface area contributed by atoms with Gasteiger partial charge in [-0.1, -0.05) is 12.1 Å². The van der Waals surface area contributed by atoms with Gasteiger partial charge in [-0.15, -0.1) is 0 Å². The molecule has 2 N–H and O–H groups in total. The molecule has 27 heavy (non-hydrogen) atoms. The third kappa shape index (κ3) is 6.05. The fraction of sp³-hybridized carbons (Fsp3) is 0.368. The molecule has 8 heteroatoms. The highest BCUT2D eigenvalue weighted by Crippen LogP contribution is 2.18. The van der Waals surface area contributed by atoms with Crippen molar-refractivity contribution in [3.8, 4) is 0 Å². The second-order valence-corrected chi connectivity index (χ2v) is 9.10. The van der Waals surface area contributed by atoms with E-state index in [2.05, 4.69) is 15.0 Å². The van der Waals surface area contributed by atoms with Crippen LogP contribution in [-0.4, -0.2) is 37.4 Å². The molecular formula is C19H25N3O3S2. The summed E-state index contributed by atoms with van der Waals surface area (Å²) in [5.74, 6) is 0.630. The van der Waals surface area contributed by atoms with Crippen LogP contribution in [0, 0.1) is 20.8 Å². The molecule has 0 unspecified atom stereocenters. The normalized spacial score (nSPS) is 12.6. The van der Waals surface area contributed by atoms with E-state index in [1.807, 2.05) is 32.2 Å². The second-order valence-electron chi connectivity index (χ2n) is 6.43. The van der Waals surface area contributed by atoms with Crippen LogP contribution < -0.4 is 10.0 Å². The summed E-state index contributed by atoms with van der Waals surface area (Å²) in [6.45, 7) is 5.47. The van der Waals surface area contributed by atoms with Crippen LogP contribution >= 0.6 is 11.8 Å². The van der Waals surface area contributed by atoms with Crippen molar-refractivity contribution in [3.05, 3.63) is 53.2 Å². The summed E-state index contributed by atoms with van der Waals surface area (Å²) in [6, 6.07) is 7.91. The highest BCUT2D eigenvalue weighted by Gasteiger charge is 2.27. The summed E-state index contributed by atoms with van der Waals surface area (Å²) >= 11 is 1.55. The number of carbonyl (C=O) groups is 1. The van der Waals surface area contributed by atoms with Crippen LogP contribution in [0.25, 0.3) is 0 Å². The van der Waals surface area contributed by atoms with E-state index in [0.29, 0.717) is 23.6 Å². The number of nitrogens with zero attached hydrogens (tertiary/aromatic N) is 1. The number of hydrogen-bond acceptors (Lipinski definition) is 5. The molecule has 0 spiro atoms. The molecule has 0 aliphatic carbocycles. The number of sulfonamides is 1. The molecule has 2 aromatic rings. The van der Waals surface area contributed by atoms with Crippen molar-refractivity contribution in [3.63, 3.8) is 0 Å². The van der Waals surface area contributed by atoms with Gasteiger partial charge in [-0.3, -0.25) is 4.79 Å². The number of aromatic nitrogens is 1. The highest BCUT2D eigenvalue weighted by atomic mass is 32.2. The van der Waals surface area contributed by atoms with Gasteiger partial charge in [0.15, 0.2) is 0 Å². The summed E-state index contributed by atoms with van der Waals surface area (Å²) in [5, 5.41) is 2.71. The molecule has 1 aromatic carbocycles. The molecule has 1 atom stereocenters. The zero-order valence-electron chi connectivity index (χ0n) is 15.9. The number of pyridine rings is 1. The van der Waals surface area contributed by atoms with Crippen molar-refractivity contribution in [1.29, 1.82) is 0 Å². The maximum absolute atomic E-state index is 12.9. The molecule has 0 aliphatic heterocycles. The maximum atomic E-state index is 12.9. The van der Waals surface area contributed by atoms with E-state index in [0.717, 1.165) is 11.1 Å². The van der Waals surface area contributed by atoms with E-state index in [1.165, 1.54) is 0 Å². The smallest absolute Gasteiger partial charge is 0.243 e. The first kappa shape index (κ1) is 21.4. The number of carbonyl (C=O) groups excluding carboxylic acids is 1. The zero-order valence-corrected chi connectivity index (χ0v) is 17.6. The Hall–Kier alpha value is -1.90. The predicted molar refractivity (Wildman–Crippen MR) is 111 cm³/mol. The molecule has 1 heterocycles. The largest absolute Gasteiger partial charge is 0.309 e. The van der Waals surface area contributed by atoms with E-state index in [4.69, 9.17) is 0 Å². The molecule has 0 radical (unpaired) electrons. The molecule has 146 valence electrons. The van der Waals surface area contributed by atoms with Crippen LogP contribution in [0.3, 0.4) is 0 Å². The molecule has 0 saturated heterocycles. The summed E-state index contributed by atoms with van der Waals surface area (Å²) in [6.07, 6.45) is 3.89. The second kappa shape index (κ2) is 9.34. The van der Waals surface area contributed by atoms with Gasteiger partial charge in [0.1, 0.15) is 11.9 Å². The van der Waals surface area contributed by atoms with E-state index in [9.17, 15) is 13.2 Å². The fourth-order valence-electron chi connectivity index (χ4n) is 2.54. The number of anilines is 1. The van der Waals surface area contributed by atoms with Gasteiger partial charge in [0.05, 0.1) is 4.90 Å². The third-order valence-electron chi connectivity index (χ3n) is 4.02. The van der Waals surface area contributed by atoms with Crippen LogP contribution in [0.15, 0.2) is 41.4 Å². The summed E-state index contributed by atoms with van der Waals surface area (Å²) in [5.41, 5.74) is 2.43. The van der Waals surface area contributed by atoms with Gasteiger partial charge in [0.25, 0.3) is 0 Å². The first-order chi connectivity index (χ1) is 12.7. The summed E-state index contributed by atoms with van der Waals surface area (Å²) in [4.78, 5) is 17.0. The average Bonchev–Trinajstić information content (AvgIpc) is 2.60. The molecule has 0 bridgehead atoms. The van der Waals surface area contributed by atoms with Gasteiger partial charge in [0, 0.05) is 6.20 Å². The topological polar surface area (TPSA) is 88.2 Å². The van der Waals surface area contributed by atoms with Crippen LogP contribution in [0.4, 0.5) is 5.82 Å². The Kier molecular flexibility index (Phi) is 7.41. The highest BCUT2D eigenvalue weighted by molar-refractivity contribution is 7.98. The van der Waals surface area contributed by atoms with E-state index in [1.54, 1.807) is 43.1 Å². The Labute approximate surface area is 165 Å². The van der Waals surface area contributed by atoms with Gasteiger partial charge in [-0.05, 0) is 74.1 Å². The maximum Gasteiger partial charge on any atom is 0.243 e. The first-order valence-corrected chi connectivity index (χ1v) is 11.4. The minimum atomic E-state index is -3.83. The standard InChI is InChI=1S/C19H25N3O3S2/c1-13-5-6-15(3)17(11-13)27(24,25)22-16(8-10-26-4)19(23)21-18-12-14(2)7-9-20-18/h5-7,9,11-12,16,22H,8,10H2,1-4H3,(H,20,21,23)/t16-/m1/s1. The number of thioether (sulfide) groups is 1. The Morgan fingerprint density at radius 3 is 2.52 bits per heavy atom. The molecule has 0 saturated carbocycles. The van der Waals surface area contributed by atoms with Crippen LogP contribution in [-0.2, 0) is 14.8 Å². The Balaban J connectivity index is 2.24. The lowest BCUT2D eigenvalue weighted by Gasteiger charge is -2.19. The minimum Gasteiger partial charge on any atom is -0.309 e. The number of aryl methyl sites for hydroxylation is 3. The lowest BCUT2D eigenvalue weighted by Crippen LogP contribution is -2.44. The summed E-state index contributed by atoms with van der Waals surface area (Å²) in [7, 11) is -3.83. The number of hydrogen-bond donors (Lipinski definition) is 2. The molecule has 1 aromatic heterocycles. The number of rotatable bonds is 8. The Morgan fingerprint density at radius 1 is 1.15 bits per heavy atom.